The topological polar surface area (TPSA) is 36.1 Å². The van der Waals surface area contributed by atoms with E-state index in [0.29, 0.717) is 6.42 Å². The van der Waals surface area contributed by atoms with Gasteiger partial charge >= 0.3 is 0 Å². The number of nitrogens with zero attached hydrogens (tertiary/aromatic N) is 1. The van der Waals surface area contributed by atoms with Crippen LogP contribution < -0.4 is 0 Å². The summed E-state index contributed by atoms with van der Waals surface area (Å²) in [5.74, 6) is 1.33. The molecule has 0 radical (unpaired) electrons. The molecule has 0 unspecified atom stereocenters. The van der Waals surface area contributed by atoms with Crippen molar-refractivity contribution in [2.45, 2.75) is 31.4 Å². The van der Waals surface area contributed by atoms with Gasteiger partial charge in [0, 0.05) is 47.1 Å². The number of para-hydroxylation sites is 1. The van der Waals surface area contributed by atoms with Crippen molar-refractivity contribution in [3.8, 4) is 0 Å². The van der Waals surface area contributed by atoms with E-state index in [9.17, 15) is 4.79 Å². The van der Waals surface area contributed by atoms with Gasteiger partial charge in [0.25, 0.3) is 0 Å². The predicted molar refractivity (Wildman–Crippen MR) is 89.7 cm³/mol. The average Bonchev–Trinajstić information content (AvgIpc) is 2.87. The maximum Gasteiger partial charge on any atom is 0.222 e. The Labute approximate surface area is 130 Å². The van der Waals surface area contributed by atoms with Crippen LogP contribution in [0, 0.1) is 0 Å². The lowest BCUT2D eigenvalue weighted by molar-refractivity contribution is -0.131. The number of carbonyl (C=O) groups excluding carboxylic acids is 1. The second-order valence-electron chi connectivity index (χ2n) is 6.28. The highest BCUT2D eigenvalue weighted by atomic mass is 32.2. The van der Waals surface area contributed by atoms with Gasteiger partial charge in [0.2, 0.25) is 5.91 Å². The smallest absolute Gasteiger partial charge is 0.222 e. The van der Waals surface area contributed by atoms with Gasteiger partial charge in [-0.05, 0) is 31.9 Å². The van der Waals surface area contributed by atoms with Crippen LogP contribution in [0.2, 0.25) is 0 Å². The van der Waals surface area contributed by atoms with Gasteiger partial charge in [0.05, 0.1) is 0 Å². The fourth-order valence-corrected chi connectivity index (χ4v) is 4.08. The van der Waals surface area contributed by atoms with Crippen LogP contribution in [0.3, 0.4) is 0 Å². The van der Waals surface area contributed by atoms with Crippen LogP contribution in [0.25, 0.3) is 10.9 Å². The van der Waals surface area contributed by atoms with Crippen molar-refractivity contribution in [2.24, 2.45) is 0 Å². The first-order valence-corrected chi connectivity index (χ1v) is 8.50. The Balaban J connectivity index is 1.63. The minimum atomic E-state index is 0.189. The summed E-state index contributed by atoms with van der Waals surface area (Å²) in [7, 11) is 0. The number of hydrogen-bond donors (Lipinski definition) is 1. The van der Waals surface area contributed by atoms with E-state index in [4.69, 9.17) is 0 Å². The van der Waals surface area contributed by atoms with Gasteiger partial charge in [0.1, 0.15) is 0 Å². The SMILES string of the molecule is CC1(C)CN(C(=O)CCc2c[nH]c3ccccc23)CCS1. The average molecular weight is 302 g/mol. The number of fused-ring (bicyclic) bond motifs is 1. The summed E-state index contributed by atoms with van der Waals surface area (Å²) < 4.78 is 0.189. The summed E-state index contributed by atoms with van der Waals surface area (Å²) in [5, 5.41) is 1.24. The molecule has 1 N–H and O–H groups in total. The first-order valence-electron chi connectivity index (χ1n) is 7.52. The van der Waals surface area contributed by atoms with Crippen molar-refractivity contribution in [2.75, 3.05) is 18.8 Å². The van der Waals surface area contributed by atoms with Crippen LogP contribution in [-0.2, 0) is 11.2 Å². The molecule has 0 atom stereocenters. The maximum atomic E-state index is 12.4. The number of H-pyrrole nitrogens is 1. The van der Waals surface area contributed by atoms with E-state index < -0.39 is 0 Å². The normalized spacial score (nSPS) is 18.1. The lowest BCUT2D eigenvalue weighted by Crippen LogP contribution is -2.46. The molecule has 3 rings (SSSR count). The molecule has 112 valence electrons. The Hall–Kier alpha value is -1.42. The number of rotatable bonds is 3. The first-order chi connectivity index (χ1) is 10.1. The van der Waals surface area contributed by atoms with E-state index in [0.717, 1.165) is 30.8 Å². The third kappa shape index (κ3) is 3.26. The molecule has 1 aliphatic rings. The molecule has 3 nitrogen and oxygen atoms in total. The Morgan fingerprint density at radius 3 is 3.00 bits per heavy atom. The lowest BCUT2D eigenvalue weighted by Gasteiger charge is -2.37. The van der Waals surface area contributed by atoms with Crippen molar-refractivity contribution in [1.82, 2.24) is 9.88 Å². The van der Waals surface area contributed by atoms with E-state index in [1.54, 1.807) is 0 Å². The van der Waals surface area contributed by atoms with Crippen LogP contribution in [0.5, 0.6) is 0 Å². The minimum absolute atomic E-state index is 0.189. The Kier molecular flexibility index (Phi) is 3.98. The molecule has 0 spiro atoms. The van der Waals surface area contributed by atoms with Crippen molar-refractivity contribution in [3.63, 3.8) is 0 Å². The lowest BCUT2D eigenvalue weighted by atomic mass is 10.1. The Bertz CT molecular complexity index is 647. The molecule has 4 heteroatoms. The number of aryl methyl sites for hydroxylation is 1. The van der Waals surface area contributed by atoms with E-state index in [-0.39, 0.29) is 10.7 Å². The van der Waals surface area contributed by atoms with Crippen molar-refractivity contribution in [3.05, 3.63) is 36.0 Å². The van der Waals surface area contributed by atoms with Crippen LogP contribution in [-0.4, -0.2) is 39.4 Å². The highest BCUT2D eigenvalue weighted by molar-refractivity contribution is 8.00. The van der Waals surface area contributed by atoms with E-state index in [1.165, 1.54) is 10.9 Å². The van der Waals surface area contributed by atoms with Crippen molar-refractivity contribution in [1.29, 1.82) is 0 Å². The second-order valence-corrected chi connectivity index (χ2v) is 8.09. The zero-order chi connectivity index (χ0) is 14.9. The minimum Gasteiger partial charge on any atom is -0.361 e. The molecule has 1 aromatic heterocycles. The highest BCUT2D eigenvalue weighted by Gasteiger charge is 2.29. The molecule has 1 aliphatic heterocycles. The van der Waals surface area contributed by atoms with Gasteiger partial charge in [-0.25, -0.2) is 0 Å². The number of amides is 1. The van der Waals surface area contributed by atoms with Crippen LogP contribution in [0.15, 0.2) is 30.5 Å². The van der Waals surface area contributed by atoms with E-state index in [1.807, 2.05) is 35.0 Å². The summed E-state index contributed by atoms with van der Waals surface area (Å²) >= 11 is 1.96. The molecule has 0 bridgehead atoms. The molecule has 21 heavy (non-hydrogen) atoms. The predicted octanol–water partition coefficient (Wildman–Crippen LogP) is 3.45. The Morgan fingerprint density at radius 2 is 2.19 bits per heavy atom. The number of thioether (sulfide) groups is 1. The zero-order valence-corrected chi connectivity index (χ0v) is 13.5. The molecule has 2 heterocycles. The van der Waals surface area contributed by atoms with Gasteiger partial charge in [-0.15, -0.1) is 0 Å². The number of aromatic amines is 1. The van der Waals surface area contributed by atoms with Gasteiger partial charge in [-0.2, -0.15) is 11.8 Å². The number of carbonyl (C=O) groups is 1. The van der Waals surface area contributed by atoms with Gasteiger partial charge in [-0.1, -0.05) is 18.2 Å². The molecule has 1 amide bonds. The van der Waals surface area contributed by atoms with Crippen molar-refractivity contribution >= 4 is 28.6 Å². The third-order valence-electron chi connectivity index (χ3n) is 4.06. The second kappa shape index (κ2) is 5.76. The third-order valence-corrected chi connectivity index (χ3v) is 5.36. The zero-order valence-electron chi connectivity index (χ0n) is 12.7. The molecule has 2 aromatic rings. The van der Waals surface area contributed by atoms with Gasteiger partial charge in [0.15, 0.2) is 0 Å². The summed E-state index contributed by atoms with van der Waals surface area (Å²) in [6.07, 6.45) is 3.45. The quantitative estimate of drug-likeness (QED) is 0.942. The van der Waals surface area contributed by atoms with Crippen LogP contribution in [0.1, 0.15) is 25.8 Å². The molecular weight excluding hydrogens is 280 g/mol. The van der Waals surface area contributed by atoms with Gasteiger partial charge < -0.3 is 9.88 Å². The summed E-state index contributed by atoms with van der Waals surface area (Å²) in [6, 6.07) is 8.27. The van der Waals surface area contributed by atoms with E-state index in [2.05, 4.69) is 31.0 Å². The molecule has 0 aliphatic carbocycles. The number of nitrogens with one attached hydrogen (secondary N) is 1. The molecule has 1 fully saturated rings. The van der Waals surface area contributed by atoms with Crippen molar-refractivity contribution < 1.29 is 4.79 Å². The van der Waals surface area contributed by atoms with Gasteiger partial charge in [-0.3, -0.25) is 4.79 Å². The fraction of sp³-hybridized carbons (Fsp3) is 0.471. The van der Waals surface area contributed by atoms with E-state index >= 15 is 0 Å². The summed E-state index contributed by atoms with van der Waals surface area (Å²) in [4.78, 5) is 17.7. The largest absolute Gasteiger partial charge is 0.361 e. The van der Waals surface area contributed by atoms with Crippen LogP contribution in [0.4, 0.5) is 0 Å². The summed E-state index contributed by atoms with van der Waals surface area (Å²) in [5.41, 5.74) is 2.39. The standard InChI is InChI=1S/C17H22N2OS/c1-17(2)12-19(9-10-21-17)16(20)8-7-13-11-18-15-6-4-3-5-14(13)15/h3-6,11,18H,7-10,12H2,1-2H3. The molecular formula is C17H22N2OS. The number of aromatic nitrogens is 1. The number of hydrogen-bond acceptors (Lipinski definition) is 2. The molecule has 0 saturated carbocycles. The molecule has 1 saturated heterocycles. The highest BCUT2D eigenvalue weighted by Crippen LogP contribution is 2.30. The number of benzene rings is 1. The van der Waals surface area contributed by atoms with Crippen LogP contribution >= 0.6 is 11.8 Å². The maximum absolute atomic E-state index is 12.4. The first kappa shape index (κ1) is 14.5. The molecule has 1 aromatic carbocycles. The fourth-order valence-electron chi connectivity index (χ4n) is 2.97. The Morgan fingerprint density at radius 1 is 1.38 bits per heavy atom. The monoisotopic (exact) mass is 302 g/mol. The summed E-state index contributed by atoms with van der Waals surface area (Å²) in [6.45, 7) is 6.19.